The third-order valence-electron chi connectivity index (χ3n) is 5.21. The number of amides is 2. The highest BCUT2D eigenvalue weighted by atomic mass is 19.4. The summed E-state index contributed by atoms with van der Waals surface area (Å²) >= 11 is 0. The Morgan fingerprint density at radius 2 is 1.81 bits per heavy atom. The lowest BCUT2D eigenvalue weighted by Crippen LogP contribution is -2.56. The Morgan fingerprint density at radius 3 is 2.46 bits per heavy atom. The average Bonchev–Trinajstić information content (AvgIpc) is 2.62. The molecule has 0 spiro atoms. The van der Waals surface area contributed by atoms with Gasteiger partial charge in [0.25, 0.3) is 0 Å². The number of hydrogen-bond donors (Lipinski definition) is 2. The first kappa shape index (κ1) is 19.0. The first-order valence-corrected chi connectivity index (χ1v) is 9.00. The zero-order valence-electron chi connectivity index (χ0n) is 14.5. The highest BCUT2D eigenvalue weighted by Crippen LogP contribution is 2.30. The minimum atomic E-state index is -4.44. The van der Waals surface area contributed by atoms with Crippen molar-refractivity contribution in [2.75, 3.05) is 31.5 Å². The van der Waals surface area contributed by atoms with Crippen LogP contribution in [0.2, 0.25) is 0 Å². The van der Waals surface area contributed by atoms with Crippen molar-refractivity contribution in [3.8, 4) is 0 Å². The number of aliphatic hydroxyl groups is 1. The van der Waals surface area contributed by atoms with Crippen LogP contribution < -0.4 is 5.32 Å². The molecule has 1 saturated carbocycles. The lowest BCUT2D eigenvalue weighted by Gasteiger charge is -2.42. The number of urea groups is 1. The highest BCUT2D eigenvalue weighted by Gasteiger charge is 2.33. The Morgan fingerprint density at radius 1 is 1.12 bits per heavy atom. The summed E-state index contributed by atoms with van der Waals surface area (Å²) in [7, 11) is 0. The molecule has 3 rings (SSSR count). The van der Waals surface area contributed by atoms with Gasteiger partial charge in [0.2, 0.25) is 0 Å². The van der Waals surface area contributed by atoms with E-state index in [0.717, 1.165) is 37.8 Å². The molecule has 0 bridgehead atoms. The second-order valence-corrected chi connectivity index (χ2v) is 6.95. The van der Waals surface area contributed by atoms with Crippen LogP contribution in [-0.2, 0) is 6.18 Å². The molecule has 26 heavy (non-hydrogen) atoms. The molecular formula is C18H24F3N3O2. The molecule has 2 atom stereocenters. The molecule has 1 heterocycles. The van der Waals surface area contributed by atoms with E-state index >= 15 is 0 Å². The van der Waals surface area contributed by atoms with Crippen molar-refractivity contribution in [2.45, 2.75) is 44.0 Å². The number of aliphatic hydroxyl groups excluding tert-OH is 1. The third kappa shape index (κ3) is 4.48. The number of anilines is 1. The molecule has 2 amide bonds. The number of nitrogens with zero attached hydrogens (tertiary/aromatic N) is 2. The van der Waals surface area contributed by atoms with Crippen LogP contribution in [-0.4, -0.2) is 59.3 Å². The Labute approximate surface area is 150 Å². The SMILES string of the molecule is O=C(Nc1cccc(C(F)(F)F)c1)N1CCN([C@@H]2CCCC[C@H]2O)CC1. The molecule has 5 nitrogen and oxygen atoms in total. The number of piperazine rings is 1. The van der Waals surface area contributed by atoms with Gasteiger partial charge in [0.05, 0.1) is 11.7 Å². The third-order valence-corrected chi connectivity index (χ3v) is 5.21. The van der Waals surface area contributed by atoms with Gasteiger partial charge in [-0.2, -0.15) is 13.2 Å². The summed E-state index contributed by atoms with van der Waals surface area (Å²) in [5.74, 6) is 0. The van der Waals surface area contributed by atoms with Gasteiger partial charge in [0, 0.05) is 37.9 Å². The van der Waals surface area contributed by atoms with Crippen LogP contribution in [0, 0.1) is 0 Å². The van der Waals surface area contributed by atoms with Gasteiger partial charge in [-0.05, 0) is 31.0 Å². The van der Waals surface area contributed by atoms with Crippen molar-refractivity contribution in [1.29, 1.82) is 0 Å². The summed E-state index contributed by atoms with van der Waals surface area (Å²) in [6.45, 7) is 2.32. The Balaban J connectivity index is 1.54. The molecule has 8 heteroatoms. The van der Waals surface area contributed by atoms with Crippen LogP contribution in [0.5, 0.6) is 0 Å². The molecular weight excluding hydrogens is 347 g/mol. The maximum absolute atomic E-state index is 12.8. The van der Waals surface area contributed by atoms with E-state index in [4.69, 9.17) is 0 Å². The van der Waals surface area contributed by atoms with Crippen LogP contribution >= 0.6 is 0 Å². The number of halogens is 3. The first-order chi connectivity index (χ1) is 12.3. The first-order valence-electron chi connectivity index (χ1n) is 9.00. The van der Waals surface area contributed by atoms with Crippen LogP contribution in [0.3, 0.4) is 0 Å². The minimum Gasteiger partial charge on any atom is -0.391 e. The van der Waals surface area contributed by atoms with Gasteiger partial charge in [0.15, 0.2) is 0 Å². The lowest BCUT2D eigenvalue weighted by atomic mass is 9.91. The average molecular weight is 371 g/mol. The number of alkyl halides is 3. The molecule has 144 valence electrons. The smallest absolute Gasteiger partial charge is 0.391 e. The molecule has 1 aliphatic heterocycles. The molecule has 2 fully saturated rings. The van der Waals surface area contributed by atoms with Crippen molar-refractivity contribution >= 4 is 11.7 Å². The molecule has 0 radical (unpaired) electrons. The Hall–Kier alpha value is -1.80. The van der Waals surface area contributed by atoms with E-state index in [-0.39, 0.29) is 17.8 Å². The summed E-state index contributed by atoms with van der Waals surface area (Å²) in [5.41, 5.74) is -0.652. The van der Waals surface area contributed by atoms with E-state index in [1.54, 1.807) is 4.90 Å². The van der Waals surface area contributed by atoms with Crippen molar-refractivity contribution < 1.29 is 23.1 Å². The zero-order chi connectivity index (χ0) is 18.7. The van der Waals surface area contributed by atoms with Crippen molar-refractivity contribution in [3.05, 3.63) is 29.8 Å². The largest absolute Gasteiger partial charge is 0.416 e. The van der Waals surface area contributed by atoms with Crippen LogP contribution in [0.15, 0.2) is 24.3 Å². The van der Waals surface area contributed by atoms with E-state index in [1.807, 2.05) is 0 Å². The topological polar surface area (TPSA) is 55.8 Å². The minimum absolute atomic E-state index is 0.134. The summed E-state index contributed by atoms with van der Waals surface area (Å²) in [6.07, 6.45) is -0.796. The van der Waals surface area contributed by atoms with Gasteiger partial charge < -0.3 is 15.3 Å². The maximum atomic E-state index is 12.8. The van der Waals surface area contributed by atoms with Crippen molar-refractivity contribution in [1.82, 2.24) is 9.80 Å². The second-order valence-electron chi connectivity index (χ2n) is 6.95. The Bertz CT molecular complexity index is 630. The fourth-order valence-electron chi connectivity index (χ4n) is 3.75. The number of carbonyl (C=O) groups excluding carboxylic acids is 1. The second kappa shape index (κ2) is 7.84. The standard InChI is InChI=1S/C18H24F3N3O2/c19-18(20,21)13-4-3-5-14(12-13)22-17(26)24-10-8-23(9-11-24)15-6-1-2-7-16(15)25/h3-5,12,15-16,25H,1-2,6-11H2,(H,22,26)/t15-,16-/m1/s1. The highest BCUT2D eigenvalue weighted by molar-refractivity contribution is 5.89. The molecule has 1 saturated heterocycles. The van der Waals surface area contributed by atoms with Gasteiger partial charge >= 0.3 is 12.2 Å². The number of nitrogens with one attached hydrogen (secondary N) is 1. The van der Waals surface area contributed by atoms with E-state index in [0.29, 0.717) is 26.2 Å². The van der Waals surface area contributed by atoms with Gasteiger partial charge in [-0.15, -0.1) is 0 Å². The summed E-state index contributed by atoms with van der Waals surface area (Å²) in [6, 6.07) is 4.39. The number of carbonyl (C=O) groups is 1. The van der Waals surface area contributed by atoms with Gasteiger partial charge in [0.1, 0.15) is 0 Å². The molecule has 0 unspecified atom stereocenters. The van der Waals surface area contributed by atoms with Gasteiger partial charge in [-0.25, -0.2) is 4.79 Å². The molecule has 1 aromatic carbocycles. The van der Waals surface area contributed by atoms with E-state index < -0.39 is 17.8 Å². The zero-order valence-corrected chi connectivity index (χ0v) is 14.5. The molecule has 2 aliphatic rings. The van der Waals surface area contributed by atoms with E-state index in [9.17, 15) is 23.1 Å². The fraction of sp³-hybridized carbons (Fsp3) is 0.611. The van der Waals surface area contributed by atoms with E-state index in [2.05, 4.69) is 10.2 Å². The van der Waals surface area contributed by atoms with Crippen LogP contribution in [0.25, 0.3) is 0 Å². The number of rotatable bonds is 2. The molecule has 2 N–H and O–H groups in total. The summed E-state index contributed by atoms with van der Waals surface area (Å²) in [5, 5.41) is 12.7. The number of benzene rings is 1. The van der Waals surface area contributed by atoms with E-state index in [1.165, 1.54) is 12.1 Å². The molecule has 1 aliphatic carbocycles. The summed E-state index contributed by atoms with van der Waals surface area (Å²) in [4.78, 5) is 16.2. The predicted molar refractivity (Wildman–Crippen MR) is 91.9 cm³/mol. The monoisotopic (exact) mass is 371 g/mol. The lowest BCUT2D eigenvalue weighted by molar-refractivity contribution is -0.137. The van der Waals surface area contributed by atoms with Crippen LogP contribution in [0.1, 0.15) is 31.2 Å². The van der Waals surface area contributed by atoms with Crippen LogP contribution in [0.4, 0.5) is 23.7 Å². The molecule has 1 aromatic rings. The van der Waals surface area contributed by atoms with Gasteiger partial charge in [-0.3, -0.25) is 4.90 Å². The van der Waals surface area contributed by atoms with Gasteiger partial charge in [-0.1, -0.05) is 18.9 Å². The Kier molecular flexibility index (Phi) is 5.72. The predicted octanol–water partition coefficient (Wildman–Crippen LogP) is 3.16. The normalized spacial score (nSPS) is 25.2. The fourth-order valence-corrected chi connectivity index (χ4v) is 3.75. The molecule has 0 aromatic heterocycles. The van der Waals surface area contributed by atoms with Crippen molar-refractivity contribution in [2.24, 2.45) is 0 Å². The summed E-state index contributed by atoms with van der Waals surface area (Å²) < 4.78 is 38.3. The quantitative estimate of drug-likeness (QED) is 0.840. The number of hydrogen-bond acceptors (Lipinski definition) is 3. The maximum Gasteiger partial charge on any atom is 0.416 e. The van der Waals surface area contributed by atoms with Crippen molar-refractivity contribution in [3.63, 3.8) is 0 Å².